The molecule has 0 saturated heterocycles. The van der Waals surface area contributed by atoms with Gasteiger partial charge in [0.2, 0.25) is 0 Å². The molecule has 0 atom stereocenters. The summed E-state index contributed by atoms with van der Waals surface area (Å²) in [5.74, 6) is 1.08. The molecule has 0 unspecified atom stereocenters. The minimum atomic E-state index is -0.0997. The molecule has 0 radical (unpaired) electrons. The van der Waals surface area contributed by atoms with E-state index in [-0.39, 0.29) is 5.78 Å². The minimum absolute atomic E-state index is 0.0997. The second-order valence-electron chi connectivity index (χ2n) is 5.51. The van der Waals surface area contributed by atoms with Gasteiger partial charge >= 0.3 is 0 Å². The number of para-hydroxylation sites is 1. The fourth-order valence-electron chi connectivity index (χ4n) is 2.80. The van der Waals surface area contributed by atoms with Gasteiger partial charge in [0.25, 0.3) is 0 Å². The molecule has 4 nitrogen and oxygen atoms in total. The number of rotatable bonds is 5. The predicted octanol–water partition coefficient (Wildman–Crippen LogP) is 4.39. The smallest absolute Gasteiger partial charge is 0.189 e. The summed E-state index contributed by atoms with van der Waals surface area (Å²) < 4.78 is 10.6. The largest absolute Gasteiger partial charge is 0.497 e. The van der Waals surface area contributed by atoms with E-state index < -0.39 is 0 Å². The lowest BCUT2D eigenvalue weighted by Crippen LogP contribution is -2.03. The van der Waals surface area contributed by atoms with E-state index in [1.807, 2.05) is 49.5 Å². The molecule has 1 N–H and O–H groups in total. The van der Waals surface area contributed by atoms with Gasteiger partial charge in [0.05, 0.1) is 19.8 Å². The quantitative estimate of drug-likeness (QED) is 0.560. The standard InChI is InChI=1S/C20H19NO3/c1-13-10-15(23-2)11-19(24-3)20(13)18(22)9-8-14-12-21-17-7-5-4-6-16(14)17/h4-12,21H,1-3H3/b9-8+. The number of aromatic amines is 1. The molecule has 1 aromatic heterocycles. The minimum Gasteiger partial charge on any atom is -0.497 e. The Hall–Kier alpha value is -3.01. The molecule has 3 rings (SSSR count). The number of H-pyrrole nitrogens is 1. The number of hydrogen-bond acceptors (Lipinski definition) is 3. The van der Waals surface area contributed by atoms with Crippen LogP contribution in [0.4, 0.5) is 0 Å². The summed E-state index contributed by atoms with van der Waals surface area (Å²) in [6.07, 6.45) is 5.30. The third-order valence-corrected chi connectivity index (χ3v) is 4.01. The van der Waals surface area contributed by atoms with Crippen LogP contribution in [-0.4, -0.2) is 25.0 Å². The van der Waals surface area contributed by atoms with E-state index in [1.54, 1.807) is 26.4 Å². The van der Waals surface area contributed by atoms with Gasteiger partial charge in [0.1, 0.15) is 11.5 Å². The number of ketones is 1. The molecule has 2 aromatic carbocycles. The van der Waals surface area contributed by atoms with E-state index >= 15 is 0 Å². The van der Waals surface area contributed by atoms with Crippen molar-refractivity contribution in [3.8, 4) is 11.5 Å². The summed E-state index contributed by atoms with van der Waals surface area (Å²) in [5.41, 5.74) is 3.39. The van der Waals surface area contributed by atoms with Crippen LogP contribution < -0.4 is 9.47 Å². The number of aryl methyl sites for hydroxylation is 1. The number of nitrogens with one attached hydrogen (secondary N) is 1. The van der Waals surface area contributed by atoms with Crippen LogP contribution in [0.5, 0.6) is 11.5 Å². The first-order chi connectivity index (χ1) is 11.6. The molecule has 3 aromatic rings. The number of hydrogen-bond donors (Lipinski definition) is 1. The Morgan fingerprint density at radius 3 is 2.67 bits per heavy atom. The number of methoxy groups -OCH3 is 2. The molecule has 0 fully saturated rings. The molecule has 0 spiro atoms. The molecular weight excluding hydrogens is 302 g/mol. The van der Waals surface area contributed by atoms with Crippen molar-refractivity contribution in [2.45, 2.75) is 6.92 Å². The van der Waals surface area contributed by atoms with E-state index in [1.165, 1.54) is 0 Å². The fourth-order valence-corrected chi connectivity index (χ4v) is 2.80. The number of carbonyl (C=O) groups is 1. The van der Waals surface area contributed by atoms with E-state index in [9.17, 15) is 4.79 Å². The first-order valence-corrected chi connectivity index (χ1v) is 7.65. The van der Waals surface area contributed by atoms with Crippen molar-refractivity contribution in [1.29, 1.82) is 0 Å². The number of carbonyl (C=O) groups excluding carboxylic acids is 1. The van der Waals surface area contributed by atoms with Crippen molar-refractivity contribution in [3.63, 3.8) is 0 Å². The molecule has 0 aliphatic rings. The predicted molar refractivity (Wildman–Crippen MR) is 95.9 cm³/mol. The van der Waals surface area contributed by atoms with Crippen LogP contribution in [0.25, 0.3) is 17.0 Å². The van der Waals surface area contributed by atoms with Crippen LogP contribution in [0.3, 0.4) is 0 Å². The summed E-state index contributed by atoms with van der Waals surface area (Å²) >= 11 is 0. The highest BCUT2D eigenvalue weighted by molar-refractivity contribution is 6.10. The van der Waals surface area contributed by atoms with E-state index in [4.69, 9.17) is 9.47 Å². The molecule has 0 aliphatic carbocycles. The average molecular weight is 321 g/mol. The summed E-state index contributed by atoms with van der Waals surface area (Å²) in [5, 5.41) is 1.08. The molecule has 0 saturated carbocycles. The monoisotopic (exact) mass is 321 g/mol. The van der Waals surface area contributed by atoms with Gasteiger partial charge in [-0.2, -0.15) is 0 Å². The second-order valence-corrected chi connectivity index (χ2v) is 5.51. The first-order valence-electron chi connectivity index (χ1n) is 7.65. The maximum absolute atomic E-state index is 12.7. The van der Waals surface area contributed by atoms with Crippen molar-refractivity contribution < 1.29 is 14.3 Å². The van der Waals surface area contributed by atoms with Gasteiger partial charge in [0.15, 0.2) is 5.78 Å². The maximum atomic E-state index is 12.7. The SMILES string of the molecule is COc1cc(C)c(C(=O)/C=C/c2c[nH]c3ccccc23)c(OC)c1. The second kappa shape index (κ2) is 6.62. The Bertz CT molecular complexity index is 922. The molecule has 0 aliphatic heterocycles. The van der Waals surface area contributed by atoms with Crippen LogP contribution in [0.15, 0.2) is 48.7 Å². The van der Waals surface area contributed by atoms with Gasteiger partial charge in [-0.05, 0) is 42.3 Å². The van der Waals surface area contributed by atoms with Gasteiger partial charge in [-0.3, -0.25) is 4.79 Å². The lowest BCUT2D eigenvalue weighted by molar-refractivity contribution is 0.104. The molecule has 0 amide bonds. The zero-order chi connectivity index (χ0) is 17.1. The Kier molecular flexibility index (Phi) is 4.38. The summed E-state index contributed by atoms with van der Waals surface area (Å²) in [6, 6.07) is 11.5. The first kappa shape index (κ1) is 15.9. The van der Waals surface area contributed by atoms with Crippen molar-refractivity contribution in [2.75, 3.05) is 14.2 Å². The highest BCUT2D eigenvalue weighted by Crippen LogP contribution is 2.29. The maximum Gasteiger partial charge on any atom is 0.189 e. The molecule has 122 valence electrons. The van der Waals surface area contributed by atoms with Gasteiger partial charge < -0.3 is 14.5 Å². The number of allylic oxidation sites excluding steroid dienone is 1. The molecular formula is C20H19NO3. The van der Waals surface area contributed by atoms with Crippen LogP contribution in [0, 0.1) is 6.92 Å². The number of fused-ring (bicyclic) bond motifs is 1. The molecule has 24 heavy (non-hydrogen) atoms. The van der Waals surface area contributed by atoms with E-state index in [2.05, 4.69) is 4.98 Å². The summed E-state index contributed by atoms with van der Waals surface area (Å²) in [7, 11) is 3.14. The Morgan fingerprint density at radius 1 is 1.12 bits per heavy atom. The third kappa shape index (κ3) is 2.91. The van der Waals surface area contributed by atoms with Crippen LogP contribution in [0.1, 0.15) is 21.5 Å². The lowest BCUT2D eigenvalue weighted by Gasteiger charge is -2.11. The van der Waals surface area contributed by atoms with Crippen molar-refractivity contribution in [3.05, 3.63) is 65.4 Å². The normalized spacial score (nSPS) is 11.1. The Labute approximate surface area is 140 Å². The highest BCUT2D eigenvalue weighted by Gasteiger charge is 2.15. The number of aromatic nitrogens is 1. The third-order valence-electron chi connectivity index (χ3n) is 4.01. The van der Waals surface area contributed by atoms with Crippen molar-refractivity contribution in [1.82, 2.24) is 4.98 Å². The van der Waals surface area contributed by atoms with Crippen molar-refractivity contribution in [2.24, 2.45) is 0 Å². The van der Waals surface area contributed by atoms with Crippen LogP contribution >= 0.6 is 0 Å². The van der Waals surface area contributed by atoms with E-state index in [0.29, 0.717) is 17.1 Å². The van der Waals surface area contributed by atoms with Crippen LogP contribution in [-0.2, 0) is 0 Å². The topological polar surface area (TPSA) is 51.3 Å². The molecule has 4 heteroatoms. The molecule has 1 heterocycles. The van der Waals surface area contributed by atoms with Gasteiger partial charge in [-0.15, -0.1) is 0 Å². The summed E-state index contributed by atoms with van der Waals surface area (Å²) in [6.45, 7) is 1.87. The number of ether oxygens (including phenoxy) is 2. The van der Waals surface area contributed by atoms with Gasteiger partial charge in [-0.1, -0.05) is 18.2 Å². The van der Waals surface area contributed by atoms with Gasteiger partial charge in [0, 0.05) is 23.2 Å². The lowest BCUT2D eigenvalue weighted by atomic mass is 10.0. The average Bonchev–Trinajstić information content (AvgIpc) is 3.02. The van der Waals surface area contributed by atoms with E-state index in [0.717, 1.165) is 22.0 Å². The zero-order valence-electron chi connectivity index (χ0n) is 13.9. The van der Waals surface area contributed by atoms with Crippen molar-refractivity contribution >= 4 is 22.8 Å². The highest BCUT2D eigenvalue weighted by atomic mass is 16.5. The summed E-state index contributed by atoms with van der Waals surface area (Å²) in [4.78, 5) is 15.9. The fraction of sp³-hybridized carbons (Fsp3) is 0.150. The van der Waals surface area contributed by atoms with Crippen LogP contribution in [0.2, 0.25) is 0 Å². The Balaban J connectivity index is 1.95. The Morgan fingerprint density at radius 2 is 1.92 bits per heavy atom. The zero-order valence-corrected chi connectivity index (χ0v) is 13.9. The number of benzene rings is 2. The molecule has 0 bridgehead atoms. The van der Waals surface area contributed by atoms with Gasteiger partial charge in [-0.25, -0.2) is 0 Å².